The van der Waals surface area contributed by atoms with Crippen molar-refractivity contribution in [3.63, 3.8) is 0 Å². The molecule has 0 atom stereocenters. The molecule has 7 nitrogen and oxygen atoms in total. The lowest BCUT2D eigenvalue weighted by atomic mass is 10.2. The Morgan fingerprint density at radius 3 is 2.44 bits per heavy atom. The molecule has 0 bridgehead atoms. The Bertz CT molecular complexity index is 939. The van der Waals surface area contributed by atoms with E-state index >= 15 is 0 Å². The van der Waals surface area contributed by atoms with Crippen LogP contribution in [0.15, 0.2) is 64.9 Å². The minimum Gasteiger partial charge on any atom is -0.349 e. The maximum atomic E-state index is 13.0. The summed E-state index contributed by atoms with van der Waals surface area (Å²) in [6.07, 6.45) is 1.43. The second kappa shape index (κ2) is 7.22. The summed E-state index contributed by atoms with van der Waals surface area (Å²) in [5.41, 5.74) is -0.804. The van der Waals surface area contributed by atoms with E-state index in [9.17, 15) is 27.7 Å². The van der Waals surface area contributed by atoms with Crippen LogP contribution in [0.4, 0.5) is 10.1 Å². The fourth-order valence-corrected chi connectivity index (χ4v) is 3.44. The number of rotatable bonds is 6. The maximum Gasteiger partial charge on any atom is 0.289 e. The first-order valence-corrected chi connectivity index (χ1v) is 8.44. The molecule has 25 heavy (non-hydrogen) atoms. The Kier molecular flexibility index (Phi) is 5.28. The summed E-state index contributed by atoms with van der Waals surface area (Å²) >= 11 is 0. The van der Waals surface area contributed by atoms with Gasteiger partial charge in [0.05, 0.1) is 9.82 Å². The molecule has 2 aromatic carbocycles. The Morgan fingerprint density at radius 2 is 1.88 bits per heavy atom. The van der Waals surface area contributed by atoms with Gasteiger partial charge < -0.3 is 5.32 Å². The highest BCUT2D eigenvalue weighted by Crippen LogP contribution is 2.30. The van der Waals surface area contributed by atoms with E-state index in [1.165, 1.54) is 12.1 Å². The summed E-state index contributed by atoms with van der Waals surface area (Å²) in [6.45, 7) is 3.58. The van der Waals surface area contributed by atoms with Crippen LogP contribution in [0.2, 0.25) is 0 Å². The number of hydrogen-bond donors (Lipinski definition) is 1. The Hall–Kier alpha value is -3.07. The number of nitrogens with one attached hydrogen (secondary N) is 1. The average Bonchev–Trinajstić information content (AvgIpc) is 2.59. The molecule has 0 saturated heterocycles. The van der Waals surface area contributed by atoms with Gasteiger partial charge in [0.15, 0.2) is 0 Å². The molecule has 9 heteroatoms. The van der Waals surface area contributed by atoms with Gasteiger partial charge in [-0.15, -0.1) is 6.58 Å². The van der Waals surface area contributed by atoms with Crippen LogP contribution in [0.1, 0.15) is 10.4 Å². The van der Waals surface area contributed by atoms with Crippen LogP contribution in [-0.2, 0) is 9.84 Å². The van der Waals surface area contributed by atoms with Crippen LogP contribution >= 0.6 is 0 Å². The van der Waals surface area contributed by atoms with E-state index in [4.69, 9.17) is 0 Å². The predicted octanol–water partition coefficient (Wildman–Crippen LogP) is 2.48. The average molecular weight is 364 g/mol. The van der Waals surface area contributed by atoms with Crippen LogP contribution in [0, 0.1) is 15.9 Å². The van der Waals surface area contributed by atoms with Crippen molar-refractivity contribution in [3.05, 3.63) is 76.6 Å². The van der Waals surface area contributed by atoms with Crippen molar-refractivity contribution in [1.29, 1.82) is 0 Å². The highest BCUT2D eigenvalue weighted by atomic mass is 32.2. The van der Waals surface area contributed by atoms with Crippen LogP contribution in [0.5, 0.6) is 0 Å². The molecular formula is C16H13FN2O5S. The first-order valence-electron chi connectivity index (χ1n) is 6.95. The summed E-state index contributed by atoms with van der Waals surface area (Å²) in [6, 6.07) is 6.94. The molecular weight excluding hydrogens is 351 g/mol. The number of nitro groups is 1. The van der Waals surface area contributed by atoms with E-state index in [0.717, 1.165) is 36.4 Å². The number of amides is 1. The molecule has 2 aromatic rings. The van der Waals surface area contributed by atoms with E-state index in [1.54, 1.807) is 0 Å². The molecule has 0 aliphatic heterocycles. The van der Waals surface area contributed by atoms with Crippen molar-refractivity contribution in [2.75, 3.05) is 6.54 Å². The van der Waals surface area contributed by atoms with Gasteiger partial charge in [-0.2, -0.15) is 0 Å². The zero-order valence-electron chi connectivity index (χ0n) is 12.8. The van der Waals surface area contributed by atoms with Gasteiger partial charge in [0.1, 0.15) is 10.7 Å². The van der Waals surface area contributed by atoms with Gasteiger partial charge in [0.25, 0.3) is 11.6 Å². The van der Waals surface area contributed by atoms with Gasteiger partial charge in [-0.1, -0.05) is 6.08 Å². The second-order valence-electron chi connectivity index (χ2n) is 4.90. The van der Waals surface area contributed by atoms with Crippen molar-refractivity contribution in [3.8, 4) is 0 Å². The zero-order valence-corrected chi connectivity index (χ0v) is 13.6. The van der Waals surface area contributed by atoms with Gasteiger partial charge in [-0.3, -0.25) is 14.9 Å². The number of sulfone groups is 1. The van der Waals surface area contributed by atoms with E-state index in [2.05, 4.69) is 11.9 Å². The van der Waals surface area contributed by atoms with Crippen LogP contribution in [0.3, 0.4) is 0 Å². The minimum absolute atomic E-state index is 0.0633. The number of carbonyl (C=O) groups is 1. The third-order valence-electron chi connectivity index (χ3n) is 3.24. The Morgan fingerprint density at radius 1 is 1.24 bits per heavy atom. The molecule has 1 amide bonds. The SMILES string of the molecule is C=CCNC(=O)c1ccc(S(=O)(=O)c2ccc(F)cc2)c([N+](=O)[O-])c1. The van der Waals surface area contributed by atoms with Crippen molar-refractivity contribution < 1.29 is 22.5 Å². The molecule has 0 unspecified atom stereocenters. The monoisotopic (exact) mass is 364 g/mol. The topological polar surface area (TPSA) is 106 Å². The number of benzene rings is 2. The third-order valence-corrected chi connectivity index (χ3v) is 5.06. The van der Waals surface area contributed by atoms with Gasteiger partial charge in [0.2, 0.25) is 9.84 Å². The standard InChI is InChI=1S/C16H13FN2O5S/c1-2-9-18-16(20)11-3-8-15(14(10-11)19(21)22)25(23,24)13-6-4-12(17)5-7-13/h2-8,10H,1,9H2,(H,18,20). The smallest absolute Gasteiger partial charge is 0.289 e. The van der Waals surface area contributed by atoms with Gasteiger partial charge in [0, 0.05) is 18.2 Å². The fourth-order valence-electron chi connectivity index (χ4n) is 2.04. The van der Waals surface area contributed by atoms with Crippen LogP contribution in [-0.4, -0.2) is 25.8 Å². The highest BCUT2D eigenvalue weighted by molar-refractivity contribution is 7.91. The second-order valence-corrected chi connectivity index (χ2v) is 6.81. The molecule has 0 aliphatic carbocycles. The summed E-state index contributed by atoms with van der Waals surface area (Å²) in [5, 5.41) is 13.7. The number of hydrogen-bond acceptors (Lipinski definition) is 5. The molecule has 0 fully saturated rings. The lowest BCUT2D eigenvalue weighted by Crippen LogP contribution is -2.23. The minimum atomic E-state index is -4.25. The normalized spacial score (nSPS) is 10.9. The summed E-state index contributed by atoms with van der Waals surface area (Å²) in [7, 11) is -4.25. The lowest BCUT2D eigenvalue weighted by Gasteiger charge is -2.08. The van der Waals surface area contributed by atoms with Crippen molar-refractivity contribution in [2.24, 2.45) is 0 Å². The van der Waals surface area contributed by atoms with E-state index in [-0.39, 0.29) is 17.0 Å². The summed E-state index contributed by atoms with van der Waals surface area (Å²) in [4.78, 5) is 21.4. The van der Waals surface area contributed by atoms with Crippen molar-refractivity contribution in [2.45, 2.75) is 9.79 Å². The molecule has 2 rings (SSSR count). The highest BCUT2D eigenvalue weighted by Gasteiger charge is 2.28. The van der Waals surface area contributed by atoms with Crippen LogP contribution in [0.25, 0.3) is 0 Å². The molecule has 0 aliphatic rings. The van der Waals surface area contributed by atoms with Crippen molar-refractivity contribution >= 4 is 21.4 Å². The zero-order chi connectivity index (χ0) is 18.6. The first kappa shape index (κ1) is 18.3. The van der Waals surface area contributed by atoms with Gasteiger partial charge >= 0.3 is 0 Å². The Balaban J connectivity index is 2.54. The van der Waals surface area contributed by atoms with E-state index in [1.807, 2.05) is 0 Å². The molecule has 0 aromatic heterocycles. The maximum absolute atomic E-state index is 13.0. The molecule has 130 valence electrons. The number of carbonyl (C=O) groups excluding carboxylic acids is 1. The first-order chi connectivity index (χ1) is 11.8. The summed E-state index contributed by atoms with van der Waals surface area (Å²) in [5.74, 6) is -1.24. The molecule has 0 spiro atoms. The lowest BCUT2D eigenvalue weighted by molar-refractivity contribution is -0.387. The number of nitro benzene ring substituents is 1. The van der Waals surface area contributed by atoms with E-state index in [0.29, 0.717) is 0 Å². The number of halogens is 1. The quantitative estimate of drug-likeness (QED) is 0.367. The van der Waals surface area contributed by atoms with Gasteiger partial charge in [-0.25, -0.2) is 12.8 Å². The fraction of sp³-hybridized carbons (Fsp3) is 0.0625. The largest absolute Gasteiger partial charge is 0.349 e. The van der Waals surface area contributed by atoms with Gasteiger partial charge in [-0.05, 0) is 36.4 Å². The van der Waals surface area contributed by atoms with Crippen LogP contribution < -0.4 is 5.32 Å². The third kappa shape index (κ3) is 3.89. The van der Waals surface area contributed by atoms with E-state index < -0.39 is 37.1 Å². The molecule has 0 saturated carbocycles. The molecule has 1 N–H and O–H groups in total. The predicted molar refractivity (Wildman–Crippen MR) is 87.5 cm³/mol. The molecule has 0 heterocycles. The Labute approximate surface area is 142 Å². The summed E-state index contributed by atoms with van der Waals surface area (Å²) < 4.78 is 38.1. The molecule has 0 radical (unpaired) electrons. The van der Waals surface area contributed by atoms with Crippen molar-refractivity contribution in [1.82, 2.24) is 5.32 Å². The number of nitrogens with zero attached hydrogens (tertiary/aromatic N) is 1.